The van der Waals surface area contributed by atoms with Crippen LogP contribution in [0.15, 0.2) is 61.2 Å². The van der Waals surface area contributed by atoms with E-state index >= 15 is 0 Å². The van der Waals surface area contributed by atoms with Crippen molar-refractivity contribution >= 4 is 11.7 Å². The highest BCUT2D eigenvalue weighted by Gasteiger charge is 2.61. The second kappa shape index (κ2) is 11.4. The fourth-order valence-electron chi connectivity index (χ4n) is 4.25. The SMILES string of the molecule is C=CCC[C@@]1(COC(=O)c2ccc([N+](=O)[O-])cc2)O[C@@H]1[C@H](O)c1c(OC)ccc(OC)c1CC(=C)C. The van der Waals surface area contributed by atoms with Gasteiger partial charge >= 0.3 is 5.97 Å². The highest BCUT2D eigenvalue weighted by molar-refractivity contribution is 5.89. The zero-order valence-corrected chi connectivity index (χ0v) is 20.7. The van der Waals surface area contributed by atoms with E-state index < -0.39 is 28.7 Å². The molecule has 1 aliphatic heterocycles. The Hall–Kier alpha value is -3.69. The summed E-state index contributed by atoms with van der Waals surface area (Å²) in [7, 11) is 3.08. The number of aliphatic hydroxyl groups excluding tert-OH is 1. The molecule has 0 bridgehead atoms. The summed E-state index contributed by atoms with van der Waals surface area (Å²) in [4.78, 5) is 22.9. The van der Waals surface area contributed by atoms with E-state index in [1.165, 1.54) is 31.4 Å². The van der Waals surface area contributed by atoms with E-state index in [9.17, 15) is 20.0 Å². The Kier molecular flexibility index (Phi) is 8.49. The Morgan fingerprint density at radius 2 is 1.86 bits per heavy atom. The van der Waals surface area contributed by atoms with Gasteiger partial charge in [-0.2, -0.15) is 0 Å². The van der Waals surface area contributed by atoms with Crippen LogP contribution in [0.5, 0.6) is 11.5 Å². The molecule has 1 aliphatic rings. The first-order valence-electron chi connectivity index (χ1n) is 11.4. The van der Waals surface area contributed by atoms with Crippen LogP contribution in [0.2, 0.25) is 0 Å². The Balaban J connectivity index is 1.85. The van der Waals surface area contributed by atoms with Crippen LogP contribution in [0, 0.1) is 10.1 Å². The third kappa shape index (κ3) is 5.75. The number of methoxy groups -OCH3 is 2. The molecular formula is C27H31NO8. The summed E-state index contributed by atoms with van der Waals surface area (Å²) in [6.45, 7) is 9.52. The van der Waals surface area contributed by atoms with Crippen LogP contribution in [-0.4, -0.2) is 48.5 Å². The summed E-state index contributed by atoms with van der Waals surface area (Å²) in [5, 5.41) is 22.3. The Bertz CT molecular complexity index is 1140. The van der Waals surface area contributed by atoms with Gasteiger partial charge in [0.1, 0.15) is 35.9 Å². The maximum atomic E-state index is 12.6. The summed E-state index contributed by atoms with van der Waals surface area (Å²) in [5.41, 5.74) is 1.27. The maximum absolute atomic E-state index is 12.6. The molecule has 36 heavy (non-hydrogen) atoms. The lowest BCUT2D eigenvalue weighted by Crippen LogP contribution is -2.28. The number of allylic oxidation sites excluding steroid dienone is 2. The van der Waals surface area contributed by atoms with Crippen molar-refractivity contribution in [1.29, 1.82) is 0 Å². The number of esters is 1. The van der Waals surface area contributed by atoms with Crippen LogP contribution in [0.1, 0.15) is 47.4 Å². The number of epoxide rings is 1. The first kappa shape index (κ1) is 26.9. The predicted molar refractivity (Wildman–Crippen MR) is 133 cm³/mol. The third-order valence-corrected chi connectivity index (χ3v) is 6.13. The molecule has 9 nitrogen and oxygen atoms in total. The number of benzene rings is 2. The molecule has 3 rings (SSSR count). The van der Waals surface area contributed by atoms with E-state index in [0.29, 0.717) is 36.3 Å². The number of hydrogen-bond donors (Lipinski definition) is 1. The number of hydrogen-bond acceptors (Lipinski definition) is 8. The molecular weight excluding hydrogens is 466 g/mol. The lowest BCUT2D eigenvalue weighted by molar-refractivity contribution is -0.384. The molecule has 0 aliphatic carbocycles. The fourth-order valence-corrected chi connectivity index (χ4v) is 4.25. The number of rotatable bonds is 13. The predicted octanol–water partition coefficient (Wildman–Crippen LogP) is 4.72. The van der Waals surface area contributed by atoms with Gasteiger partial charge in [0.25, 0.3) is 5.69 Å². The molecule has 0 saturated carbocycles. The minimum atomic E-state index is -1.09. The van der Waals surface area contributed by atoms with E-state index in [0.717, 1.165) is 11.1 Å². The van der Waals surface area contributed by atoms with Crippen LogP contribution in [0.3, 0.4) is 0 Å². The number of nitro groups is 1. The summed E-state index contributed by atoms with van der Waals surface area (Å²) < 4.78 is 22.6. The quantitative estimate of drug-likeness (QED) is 0.139. The van der Waals surface area contributed by atoms with Crippen molar-refractivity contribution < 1.29 is 33.8 Å². The lowest BCUT2D eigenvalue weighted by Gasteiger charge is -2.22. The number of aliphatic hydroxyl groups is 1. The molecule has 1 fully saturated rings. The minimum absolute atomic E-state index is 0.111. The van der Waals surface area contributed by atoms with Crippen molar-refractivity contribution in [2.24, 2.45) is 0 Å². The van der Waals surface area contributed by atoms with Gasteiger partial charge in [0.2, 0.25) is 0 Å². The second-order valence-corrected chi connectivity index (χ2v) is 8.75. The van der Waals surface area contributed by atoms with Gasteiger partial charge in [-0.05, 0) is 50.5 Å². The van der Waals surface area contributed by atoms with Crippen molar-refractivity contribution in [3.63, 3.8) is 0 Å². The minimum Gasteiger partial charge on any atom is -0.496 e. The molecule has 0 radical (unpaired) electrons. The summed E-state index contributed by atoms with van der Waals surface area (Å²) in [6.07, 6.45) is 1.47. The van der Waals surface area contributed by atoms with Gasteiger partial charge in [-0.25, -0.2) is 4.79 Å². The largest absolute Gasteiger partial charge is 0.496 e. The Labute approximate surface area is 210 Å². The van der Waals surface area contributed by atoms with Crippen molar-refractivity contribution in [3.8, 4) is 11.5 Å². The van der Waals surface area contributed by atoms with Crippen molar-refractivity contribution in [3.05, 3.63) is 88.0 Å². The van der Waals surface area contributed by atoms with Gasteiger partial charge < -0.3 is 24.1 Å². The van der Waals surface area contributed by atoms with E-state index in [1.54, 1.807) is 25.3 Å². The van der Waals surface area contributed by atoms with Crippen LogP contribution in [0.4, 0.5) is 5.69 Å². The number of carbonyl (C=O) groups is 1. The molecule has 192 valence electrons. The molecule has 3 atom stereocenters. The number of non-ortho nitro benzene ring substituents is 1. The highest BCUT2D eigenvalue weighted by Crippen LogP contribution is 2.51. The normalized spacial score (nSPS) is 19.2. The molecule has 0 spiro atoms. The van der Waals surface area contributed by atoms with Crippen LogP contribution >= 0.6 is 0 Å². The third-order valence-electron chi connectivity index (χ3n) is 6.13. The number of nitro benzene ring substituents is 1. The topological polar surface area (TPSA) is 121 Å². The van der Waals surface area contributed by atoms with Gasteiger partial charge in [0.05, 0.1) is 24.7 Å². The van der Waals surface area contributed by atoms with Gasteiger partial charge in [-0.1, -0.05) is 18.2 Å². The van der Waals surface area contributed by atoms with Gasteiger partial charge in [0, 0.05) is 23.3 Å². The molecule has 0 unspecified atom stereocenters. The molecule has 1 heterocycles. The molecule has 1 N–H and O–H groups in total. The Morgan fingerprint density at radius 3 is 2.42 bits per heavy atom. The molecule has 2 aromatic rings. The molecule has 2 aromatic carbocycles. The number of nitrogens with zero attached hydrogens (tertiary/aromatic N) is 1. The maximum Gasteiger partial charge on any atom is 0.338 e. The van der Waals surface area contributed by atoms with E-state index in [-0.39, 0.29) is 17.9 Å². The smallest absolute Gasteiger partial charge is 0.338 e. The molecule has 0 amide bonds. The Morgan fingerprint density at radius 1 is 1.22 bits per heavy atom. The fraction of sp³-hybridized carbons (Fsp3) is 0.370. The van der Waals surface area contributed by atoms with Gasteiger partial charge in [0.15, 0.2) is 0 Å². The monoisotopic (exact) mass is 497 g/mol. The molecule has 1 saturated heterocycles. The van der Waals surface area contributed by atoms with Gasteiger partial charge in [-0.15, -0.1) is 6.58 Å². The van der Waals surface area contributed by atoms with Crippen molar-refractivity contribution in [1.82, 2.24) is 0 Å². The zero-order chi connectivity index (χ0) is 26.5. The first-order valence-corrected chi connectivity index (χ1v) is 11.4. The number of carbonyl (C=O) groups excluding carboxylic acids is 1. The summed E-state index contributed by atoms with van der Waals surface area (Å²) in [5.74, 6) is 0.430. The highest BCUT2D eigenvalue weighted by atomic mass is 16.7. The average Bonchev–Trinajstić information content (AvgIpc) is 3.59. The van der Waals surface area contributed by atoms with Crippen LogP contribution in [0.25, 0.3) is 0 Å². The van der Waals surface area contributed by atoms with E-state index in [1.807, 2.05) is 6.92 Å². The average molecular weight is 498 g/mol. The van der Waals surface area contributed by atoms with Crippen LogP contribution in [-0.2, 0) is 15.9 Å². The molecule has 0 aromatic heterocycles. The van der Waals surface area contributed by atoms with Crippen LogP contribution < -0.4 is 9.47 Å². The van der Waals surface area contributed by atoms with E-state index in [2.05, 4.69) is 13.2 Å². The second-order valence-electron chi connectivity index (χ2n) is 8.75. The summed E-state index contributed by atoms with van der Waals surface area (Å²) >= 11 is 0. The number of ether oxygens (including phenoxy) is 4. The summed E-state index contributed by atoms with van der Waals surface area (Å²) in [6, 6.07) is 8.65. The van der Waals surface area contributed by atoms with E-state index in [4.69, 9.17) is 18.9 Å². The lowest BCUT2D eigenvalue weighted by atomic mass is 9.89. The zero-order valence-electron chi connectivity index (χ0n) is 20.7. The van der Waals surface area contributed by atoms with Crippen molar-refractivity contribution in [2.75, 3.05) is 20.8 Å². The van der Waals surface area contributed by atoms with Crippen molar-refractivity contribution in [2.45, 2.75) is 44.0 Å². The van der Waals surface area contributed by atoms with Gasteiger partial charge in [-0.3, -0.25) is 10.1 Å². The standard InChI is InChI=1S/C27H31NO8/c1-6-7-14-27(16-35-26(30)18-8-10-19(11-9-18)28(31)32)25(36-27)24(29)23-20(15-17(2)3)21(33-4)12-13-22(23)34-5/h6,8-13,24-25,29H,1-2,7,14-16H2,3-5H3/t24-,25-,27+/m1/s1. The molecule has 9 heteroatoms. The first-order chi connectivity index (χ1) is 17.2.